The molecular weight excluding hydrogens is 509 g/mol. The van der Waals surface area contributed by atoms with Gasteiger partial charge in [-0.1, -0.05) is 37.3 Å². The van der Waals surface area contributed by atoms with E-state index in [1.165, 1.54) is 48.4 Å². The van der Waals surface area contributed by atoms with Gasteiger partial charge in [-0.2, -0.15) is 0 Å². The van der Waals surface area contributed by atoms with Crippen LogP contribution in [0.4, 0.5) is 10.1 Å². The number of sulfonamides is 1. The van der Waals surface area contributed by atoms with E-state index < -0.39 is 34.3 Å². The van der Waals surface area contributed by atoms with Gasteiger partial charge in [0.1, 0.15) is 24.2 Å². The molecule has 0 heterocycles. The molecule has 8 nitrogen and oxygen atoms in total. The van der Waals surface area contributed by atoms with Crippen LogP contribution < -0.4 is 14.4 Å². The Hall–Kier alpha value is -3.92. The molecule has 202 valence electrons. The minimum atomic E-state index is -4.15. The first-order valence-corrected chi connectivity index (χ1v) is 13.6. The second-order valence-electron chi connectivity index (χ2n) is 8.64. The number of ether oxygens (including phenoxy) is 1. The van der Waals surface area contributed by atoms with Gasteiger partial charge in [0, 0.05) is 13.1 Å². The maximum Gasteiger partial charge on any atom is 0.264 e. The standard InChI is InChI=1S/C28H32FN3O5S/c1-4-18-30-28(34)21(2)31(19-22-10-12-23(29)13-11-22)27(33)20-32(24-14-16-25(37-3)17-15-24)38(35,36)26-8-6-5-7-9-26/h5-17,21H,4,18-20H2,1-3H3,(H,30,34)/t21-/m0/s1. The predicted molar refractivity (Wildman–Crippen MR) is 144 cm³/mol. The number of carbonyl (C=O) groups excluding carboxylic acids is 2. The van der Waals surface area contributed by atoms with Gasteiger partial charge < -0.3 is 15.0 Å². The molecule has 1 N–H and O–H groups in total. The van der Waals surface area contributed by atoms with Gasteiger partial charge in [-0.05, 0) is 67.4 Å². The Balaban J connectivity index is 2.00. The van der Waals surface area contributed by atoms with E-state index in [0.717, 1.165) is 4.31 Å². The first kappa shape index (κ1) is 28.6. The third-order valence-electron chi connectivity index (χ3n) is 5.95. The quantitative estimate of drug-likeness (QED) is 0.374. The van der Waals surface area contributed by atoms with E-state index in [4.69, 9.17) is 4.74 Å². The number of methoxy groups -OCH3 is 1. The molecule has 0 spiro atoms. The van der Waals surface area contributed by atoms with E-state index in [-0.39, 0.29) is 23.0 Å². The zero-order chi connectivity index (χ0) is 27.7. The van der Waals surface area contributed by atoms with E-state index in [9.17, 15) is 22.4 Å². The number of amides is 2. The number of nitrogens with one attached hydrogen (secondary N) is 1. The molecule has 0 bridgehead atoms. The lowest BCUT2D eigenvalue weighted by molar-refractivity contribution is -0.139. The second-order valence-corrected chi connectivity index (χ2v) is 10.5. The molecule has 38 heavy (non-hydrogen) atoms. The van der Waals surface area contributed by atoms with E-state index >= 15 is 0 Å². The molecular formula is C28H32FN3O5S. The smallest absolute Gasteiger partial charge is 0.264 e. The Morgan fingerprint density at radius 1 is 0.974 bits per heavy atom. The normalized spacial score (nSPS) is 11.9. The number of hydrogen-bond donors (Lipinski definition) is 1. The van der Waals surface area contributed by atoms with E-state index in [2.05, 4.69) is 5.32 Å². The van der Waals surface area contributed by atoms with Crippen LogP contribution in [0.5, 0.6) is 5.75 Å². The van der Waals surface area contributed by atoms with Crippen molar-refractivity contribution in [3.63, 3.8) is 0 Å². The lowest BCUT2D eigenvalue weighted by Crippen LogP contribution is -2.51. The van der Waals surface area contributed by atoms with Gasteiger partial charge in [0.15, 0.2) is 0 Å². The van der Waals surface area contributed by atoms with Gasteiger partial charge >= 0.3 is 0 Å². The minimum absolute atomic E-state index is 0.0122. The van der Waals surface area contributed by atoms with Crippen LogP contribution in [0.1, 0.15) is 25.8 Å². The fourth-order valence-corrected chi connectivity index (χ4v) is 5.20. The molecule has 0 saturated carbocycles. The fourth-order valence-electron chi connectivity index (χ4n) is 3.76. The number of halogens is 1. The Morgan fingerprint density at radius 3 is 2.18 bits per heavy atom. The average Bonchev–Trinajstić information content (AvgIpc) is 2.94. The van der Waals surface area contributed by atoms with Crippen molar-refractivity contribution in [1.82, 2.24) is 10.2 Å². The molecule has 0 fully saturated rings. The van der Waals surface area contributed by atoms with Crippen LogP contribution >= 0.6 is 0 Å². The molecule has 3 aromatic carbocycles. The van der Waals surface area contributed by atoms with Crippen molar-refractivity contribution in [2.24, 2.45) is 0 Å². The number of rotatable bonds is 12. The maximum absolute atomic E-state index is 13.8. The lowest BCUT2D eigenvalue weighted by Gasteiger charge is -2.32. The van der Waals surface area contributed by atoms with Gasteiger partial charge in [0.25, 0.3) is 10.0 Å². The summed E-state index contributed by atoms with van der Waals surface area (Å²) in [5.41, 5.74) is 0.852. The van der Waals surface area contributed by atoms with Crippen molar-refractivity contribution < 1.29 is 27.1 Å². The third kappa shape index (κ3) is 7.10. The zero-order valence-electron chi connectivity index (χ0n) is 21.6. The minimum Gasteiger partial charge on any atom is -0.497 e. The van der Waals surface area contributed by atoms with Crippen molar-refractivity contribution in [3.8, 4) is 5.75 Å². The Kier molecular flexibility index (Phi) is 9.84. The van der Waals surface area contributed by atoms with Crippen molar-refractivity contribution in [2.45, 2.75) is 37.8 Å². The summed E-state index contributed by atoms with van der Waals surface area (Å²) in [6, 6.07) is 18.8. The van der Waals surface area contributed by atoms with Gasteiger partial charge in [-0.15, -0.1) is 0 Å². The van der Waals surface area contributed by atoms with Crippen LogP contribution in [-0.2, 0) is 26.2 Å². The maximum atomic E-state index is 13.8. The summed E-state index contributed by atoms with van der Waals surface area (Å²) in [5.74, 6) is -0.871. The van der Waals surface area contributed by atoms with Gasteiger partial charge in [-0.3, -0.25) is 13.9 Å². The summed E-state index contributed by atoms with van der Waals surface area (Å²) in [5, 5.41) is 2.78. The average molecular weight is 542 g/mol. The molecule has 0 aliphatic heterocycles. The summed E-state index contributed by atoms with van der Waals surface area (Å²) in [6.45, 7) is 3.35. The number of benzene rings is 3. The lowest BCUT2D eigenvalue weighted by atomic mass is 10.1. The Labute approximate surface area is 223 Å². The van der Waals surface area contributed by atoms with Crippen LogP contribution in [0.2, 0.25) is 0 Å². The first-order valence-electron chi connectivity index (χ1n) is 12.2. The van der Waals surface area contributed by atoms with Crippen LogP contribution in [0.3, 0.4) is 0 Å². The van der Waals surface area contributed by atoms with Gasteiger partial charge in [-0.25, -0.2) is 12.8 Å². The molecule has 3 rings (SSSR count). The molecule has 0 aliphatic carbocycles. The monoisotopic (exact) mass is 541 g/mol. The highest BCUT2D eigenvalue weighted by molar-refractivity contribution is 7.92. The van der Waals surface area contributed by atoms with Crippen LogP contribution in [0, 0.1) is 5.82 Å². The third-order valence-corrected chi connectivity index (χ3v) is 7.74. The summed E-state index contributed by atoms with van der Waals surface area (Å²) >= 11 is 0. The molecule has 0 unspecified atom stereocenters. The van der Waals surface area contributed by atoms with Crippen molar-refractivity contribution in [1.29, 1.82) is 0 Å². The van der Waals surface area contributed by atoms with Crippen LogP contribution in [0.25, 0.3) is 0 Å². The second kappa shape index (κ2) is 13.0. The first-order chi connectivity index (χ1) is 18.2. The van der Waals surface area contributed by atoms with E-state index in [1.54, 1.807) is 49.4 Å². The van der Waals surface area contributed by atoms with Crippen molar-refractivity contribution in [3.05, 3.63) is 90.2 Å². The molecule has 0 aromatic heterocycles. The van der Waals surface area contributed by atoms with E-state index in [0.29, 0.717) is 24.3 Å². The number of hydrogen-bond acceptors (Lipinski definition) is 5. The highest BCUT2D eigenvalue weighted by Gasteiger charge is 2.32. The fraction of sp³-hybridized carbons (Fsp3) is 0.286. The number of nitrogens with zero attached hydrogens (tertiary/aromatic N) is 2. The number of anilines is 1. The number of carbonyl (C=O) groups is 2. The molecule has 10 heteroatoms. The summed E-state index contributed by atoms with van der Waals surface area (Å²) < 4.78 is 47.1. The molecule has 3 aromatic rings. The summed E-state index contributed by atoms with van der Waals surface area (Å²) in [7, 11) is -2.65. The topological polar surface area (TPSA) is 96.0 Å². The van der Waals surface area contributed by atoms with E-state index in [1.807, 2.05) is 6.92 Å². The predicted octanol–water partition coefficient (Wildman–Crippen LogP) is 3.97. The molecule has 0 saturated heterocycles. The molecule has 2 amide bonds. The molecule has 0 aliphatic rings. The highest BCUT2D eigenvalue weighted by Crippen LogP contribution is 2.26. The molecule has 1 atom stereocenters. The van der Waals surface area contributed by atoms with Gasteiger partial charge in [0.05, 0.1) is 17.7 Å². The van der Waals surface area contributed by atoms with Crippen LogP contribution in [0.15, 0.2) is 83.8 Å². The molecule has 0 radical (unpaired) electrons. The largest absolute Gasteiger partial charge is 0.497 e. The van der Waals surface area contributed by atoms with Crippen molar-refractivity contribution in [2.75, 3.05) is 24.5 Å². The van der Waals surface area contributed by atoms with Crippen LogP contribution in [-0.4, -0.2) is 51.4 Å². The Morgan fingerprint density at radius 2 is 1.61 bits per heavy atom. The summed E-state index contributed by atoms with van der Waals surface area (Å²) in [6.07, 6.45) is 0.713. The Bertz CT molecular complexity index is 1320. The SMILES string of the molecule is CCCNC(=O)[C@H](C)N(Cc1ccc(F)cc1)C(=O)CN(c1ccc(OC)cc1)S(=O)(=O)c1ccccc1. The highest BCUT2D eigenvalue weighted by atomic mass is 32.2. The van der Waals surface area contributed by atoms with Gasteiger partial charge in [0.2, 0.25) is 11.8 Å². The summed E-state index contributed by atoms with van der Waals surface area (Å²) in [4.78, 5) is 27.9. The zero-order valence-corrected chi connectivity index (χ0v) is 22.4. The van der Waals surface area contributed by atoms with Crippen molar-refractivity contribution >= 4 is 27.5 Å².